The molecule has 0 unspecified atom stereocenters. The summed E-state index contributed by atoms with van der Waals surface area (Å²) in [6.07, 6.45) is 22.9. The molecule has 1 aromatic carbocycles. The van der Waals surface area contributed by atoms with Gasteiger partial charge in [-0.05, 0) is 43.5 Å². The van der Waals surface area contributed by atoms with Gasteiger partial charge in [-0.3, -0.25) is 4.79 Å². The summed E-state index contributed by atoms with van der Waals surface area (Å²) in [5.74, 6) is 0.285. The van der Waals surface area contributed by atoms with Gasteiger partial charge in [-0.15, -0.1) is 0 Å². The molecule has 2 aromatic rings. The van der Waals surface area contributed by atoms with Crippen LogP contribution in [0.5, 0.6) is 0 Å². The molecule has 0 aliphatic heterocycles. The van der Waals surface area contributed by atoms with E-state index in [9.17, 15) is 4.79 Å². The van der Waals surface area contributed by atoms with E-state index in [1.54, 1.807) is 0 Å². The molecule has 0 saturated carbocycles. The van der Waals surface area contributed by atoms with Crippen LogP contribution in [0.2, 0.25) is 0 Å². The minimum Gasteiger partial charge on any atom is -0.346 e. The molecule has 0 amide bonds. The fourth-order valence-electron chi connectivity index (χ4n) is 5.07. The monoisotopic (exact) mass is 476 g/mol. The predicted octanol–water partition coefficient (Wildman–Crippen LogP) is 9.47. The van der Waals surface area contributed by atoms with Crippen LogP contribution in [0.1, 0.15) is 142 Å². The van der Waals surface area contributed by atoms with Crippen molar-refractivity contribution in [1.82, 2.24) is 4.57 Å². The van der Waals surface area contributed by atoms with Gasteiger partial charge in [0, 0.05) is 30.4 Å². The molecule has 0 atom stereocenters. The molecule has 0 saturated heterocycles. The zero-order valence-electron chi connectivity index (χ0n) is 22.7. The number of aryl methyl sites for hydroxylation is 1. The van der Waals surface area contributed by atoms with E-state index in [1.807, 2.05) is 31.2 Å². The average molecular weight is 477 g/mol. The Morgan fingerprint density at radius 2 is 1.26 bits per heavy atom. The predicted molar refractivity (Wildman–Crippen MR) is 148 cm³/mol. The van der Waals surface area contributed by atoms with Crippen LogP contribution < -0.4 is 0 Å². The molecular weight excluding hydrogens is 428 g/mol. The lowest BCUT2D eigenvalue weighted by Gasteiger charge is -2.08. The van der Waals surface area contributed by atoms with Crippen molar-refractivity contribution in [2.75, 3.05) is 0 Å². The topological polar surface area (TPSA) is 45.8 Å². The summed E-state index contributed by atoms with van der Waals surface area (Å²) in [7, 11) is 0. The zero-order chi connectivity index (χ0) is 25.3. The van der Waals surface area contributed by atoms with Crippen LogP contribution >= 0.6 is 0 Å². The smallest absolute Gasteiger partial charge is 0.164 e. The van der Waals surface area contributed by atoms with Crippen LogP contribution in [-0.2, 0) is 6.54 Å². The molecule has 0 bridgehead atoms. The molecule has 3 heteroatoms. The van der Waals surface area contributed by atoms with E-state index in [-0.39, 0.29) is 5.78 Å². The third-order valence-corrected chi connectivity index (χ3v) is 7.26. The lowest BCUT2D eigenvalue weighted by molar-refractivity contribution is 0.0978. The van der Waals surface area contributed by atoms with Gasteiger partial charge in [0.1, 0.15) is 0 Å². The summed E-state index contributed by atoms with van der Waals surface area (Å²) >= 11 is 0. The molecular formula is C32H48N2O. The number of carbonyl (C=O) groups is 1. The van der Waals surface area contributed by atoms with Gasteiger partial charge < -0.3 is 4.57 Å². The van der Waals surface area contributed by atoms with Crippen LogP contribution in [-0.4, -0.2) is 10.4 Å². The van der Waals surface area contributed by atoms with Gasteiger partial charge in [-0.2, -0.15) is 5.26 Å². The second kappa shape index (κ2) is 17.1. The fraction of sp³-hybridized carbons (Fsp3) is 0.625. The Hall–Kier alpha value is -2.34. The fourth-order valence-corrected chi connectivity index (χ4v) is 5.07. The van der Waals surface area contributed by atoms with Crippen molar-refractivity contribution < 1.29 is 4.79 Å². The Morgan fingerprint density at radius 1 is 0.771 bits per heavy atom. The number of Topliss-reactive ketones (excluding diaryl/α,β-unsaturated/α-hetero) is 1. The van der Waals surface area contributed by atoms with E-state index in [2.05, 4.69) is 30.7 Å². The second-order valence-electron chi connectivity index (χ2n) is 10.3. The highest BCUT2D eigenvalue weighted by atomic mass is 16.1. The summed E-state index contributed by atoms with van der Waals surface area (Å²) in [6.45, 7) is 7.10. The molecule has 0 aliphatic carbocycles. The lowest BCUT2D eigenvalue weighted by atomic mass is 10.0. The molecule has 2 rings (SSSR count). The molecule has 3 nitrogen and oxygen atoms in total. The first-order chi connectivity index (χ1) is 17.1. The molecule has 1 aromatic heterocycles. The van der Waals surface area contributed by atoms with Crippen molar-refractivity contribution in [1.29, 1.82) is 5.26 Å². The number of hydrogen-bond donors (Lipinski definition) is 0. The third kappa shape index (κ3) is 10.9. The van der Waals surface area contributed by atoms with Crippen molar-refractivity contribution in [3.05, 3.63) is 58.4 Å². The first kappa shape index (κ1) is 28.9. The number of nitrogens with zero attached hydrogens (tertiary/aromatic N) is 2. The number of aromatic nitrogens is 1. The van der Waals surface area contributed by atoms with Crippen molar-refractivity contribution in [2.24, 2.45) is 0 Å². The molecule has 0 radical (unpaired) electrons. The van der Waals surface area contributed by atoms with E-state index in [1.165, 1.54) is 83.5 Å². The van der Waals surface area contributed by atoms with Gasteiger partial charge in [0.25, 0.3) is 0 Å². The van der Waals surface area contributed by atoms with Crippen LogP contribution in [0.4, 0.5) is 0 Å². The average Bonchev–Trinajstić information content (AvgIpc) is 3.14. The van der Waals surface area contributed by atoms with E-state index in [0.717, 1.165) is 41.8 Å². The van der Waals surface area contributed by atoms with Crippen LogP contribution in [0.25, 0.3) is 0 Å². The minimum absolute atomic E-state index is 0.285. The number of unbranched alkanes of at least 4 members (excludes halogenated alkanes) is 14. The number of rotatable bonds is 19. The molecule has 1 heterocycles. The Balaban J connectivity index is 1.57. The maximum Gasteiger partial charge on any atom is 0.164 e. The van der Waals surface area contributed by atoms with E-state index in [4.69, 9.17) is 5.26 Å². The summed E-state index contributed by atoms with van der Waals surface area (Å²) in [6, 6.07) is 9.84. The Kier molecular flexibility index (Phi) is 14.2. The molecule has 0 aliphatic rings. The van der Waals surface area contributed by atoms with Crippen molar-refractivity contribution in [3.8, 4) is 6.07 Å². The summed E-state index contributed by atoms with van der Waals surface area (Å²) in [4.78, 5) is 12.9. The molecule has 0 spiro atoms. The number of nitriles is 1. The van der Waals surface area contributed by atoms with Crippen LogP contribution in [0, 0.1) is 25.2 Å². The minimum atomic E-state index is 0.285. The second-order valence-corrected chi connectivity index (χ2v) is 10.3. The van der Waals surface area contributed by atoms with Gasteiger partial charge in [-0.1, -0.05) is 109 Å². The van der Waals surface area contributed by atoms with Gasteiger partial charge >= 0.3 is 0 Å². The van der Waals surface area contributed by atoms with Gasteiger partial charge in [0.2, 0.25) is 0 Å². The van der Waals surface area contributed by atoms with Gasteiger partial charge in [-0.25, -0.2) is 0 Å². The van der Waals surface area contributed by atoms with Gasteiger partial charge in [0.15, 0.2) is 5.78 Å². The van der Waals surface area contributed by atoms with Gasteiger partial charge in [0.05, 0.1) is 11.6 Å². The molecule has 192 valence electrons. The maximum atomic E-state index is 12.9. The quantitative estimate of drug-likeness (QED) is 0.150. The Morgan fingerprint density at radius 3 is 1.74 bits per heavy atom. The molecule has 0 fully saturated rings. The van der Waals surface area contributed by atoms with E-state index < -0.39 is 0 Å². The number of benzene rings is 1. The number of carbonyl (C=O) groups excluding carboxylic acids is 1. The number of hydrogen-bond acceptors (Lipinski definition) is 2. The van der Waals surface area contributed by atoms with Crippen molar-refractivity contribution in [2.45, 2.75) is 130 Å². The Labute approximate surface area is 214 Å². The standard InChI is InChI=1S/C32H48N2O/c1-4-5-6-7-8-9-10-11-12-13-14-15-16-17-18-19-31(35)32-27(2)25-34(28(32)3)26-30-22-20-29(24-33)21-23-30/h20-23,25H,4-19,26H2,1-3H3. The third-order valence-electron chi connectivity index (χ3n) is 7.26. The SMILES string of the molecule is CCCCCCCCCCCCCCCCCC(=O)c1c(C)cn(Cc2ccc(C#N)cc2)c1C. The molecule has 35 heavy (non-hydrogen) atoms. The Bertz CT molecular complexity index is 901. The van der Waals surface area contributed by atoms with E-state index in [0.29, 0.717) is 12.0 Å². The largest absolute Gasteiger partial charge is 0.346 e. The maximum absolute atomic E-state index is 12.9. The summed E-state index contributed by atoms with van der Waals surface area (Å²) < 4.78 is 2.16. The highest BCUT2D eigenvalue weighted by Gasteiger charge is 2.16. The highest BCUT2D eigenvalue weighted by molar-refractivity contribution is 5.98. The van der Waals surface area contributed by atoms with Crippen molar-refractivity contribution in [3.63, 3.8) is 0 Å². The summed E-state index contributed by atoms with van der Waals surface area (Å²) in [5.41, 5.74) is 4.85. The first-order valence-corrected chi connectivity index (χ1v) is 14.3. The normalized spacial score (nSPS) is 11.0. The van der Waals surface area contributed by atoms with E-state index >= 15 is 0 Å². The van der Waals surface area contributed by atoms with Crippen LogP contribution in [0.15, 0.2) is 30.5 Å². The summed E-state index contributed by atoms with van der Waals surface area (Å²) in [5, 5.41) is 8.98. The first-order valence-electron chi connectivity index (χ1n) is 14.3. The van der Waals surface area contributed by atoms with Crippen molar-refractivity contribution >= 4 is 5.78 Å². The lowest BCUT2D eigenvalue weighted by Crippen LogP contribution is -2.05. The number of ketones is 1. The molecule has 0 N–H and O–H groups in total. The van der Waals surface area contributed by atoms with Crippen LogP contribution in [0.3, 0.4) is 0 Å². The zero-order valence-corrected chi connectivity index (χ0v) is 22.7. The highest BCUT2D eigenvalue weighted by Crippen LogP contribution is 2.21.